The van der Waals surface area contributed by atoms with Crippen LogP contribution in [-0.4, -0.2) is 11.7 Å². The van der Waals surface area contributed by atoms with Gasteiger partial charge >= 0.3 is 0 Å². The lowest BCUT2D eigenvalue weighted by Crippen LogP contribution is -2.15. The summed E-state index contributed by atoms with van der Waals surface area (Å²) in [7, 11) is 0. The molecule has 0 heterocycles. The van der Waals surface area contributed by atoms with Crippen molar-refractivity contribution in [1.82, 2.24) is 0 Å². The predicted octanol–water partition coefficient (Wildman–Crippen LogP) is 2.73. The molecule has 0 saturated carbocycles. The van der Waals surface area contributed by atoms with Gasteiger partial charge in [0.25, 0.3) is 0 Å². The number of hydrogen-bond donors (Lipinski definition) is 2. The molecule has 0 aromatic heterocycles. The minimum absolute atomic E-state index is 0.175. The highest BCUT2D eigenvalue weighted by Crippen LogP contribution is 2.05. The fraction of sp³-hybridized carbons (Fsp3) is 0.0667. The van der Waals surface area contributed by atoms with Gasteiger partial charge in [-0.3, -0.25) is 5.41 Å². The maximum Gasteiger partial charge on any atom is 0.154 e. The second-order valence-corrected chi connectivity index (χ2v) is 4.08. The monoisotopic (exact) mass is 237 g/mol. The molecule has 0 unspecified atom stereocenters. The van der Waals surface area contributed by atoms with Crippen molar-refractivity contribution in [2.45, 2.75) is 6.92 Å². The summed E-state index contributed by atoms with van der Waals surface area (Å²) in [5, 5.41) is 7.88. The van der Waals surface area contributed by atoms with Gasteiger partial charge in [0, 0.05) is 11.1 Å². The number of amidine groups is 2. The summed E-state index contributed by atoms with van der Waals surface area (Å²) in [6, 6.07) is 17.1. The molecule has 0 aliphatic heterocycles. The Morgan fingerprint density at radius 2 is 1.56 bits per heavy atom. The molecule has 3 nitrogen and oxygen atoms in total. The van der Waals surface area contributed by atoms with E-state index in [1.54, 1.807) is 0 Å². The second kappa shape index (κ2) is 5.27. The number of benzene rings is 2. The van der Waals surface area contributed by atoms with E-state index in [2.05, 4.69) is 4.99 Å². The summed E-state index contributed by atoms with van der Waals surface area (Å²) in [5.74, 6) is 0.539. The zero-order valence-corrected chi connectivity index (χ0v) is 10.2. The van der Waals surface area contributed by atoms with E-state index in [4.69, 9.17) is 11.1 Å². The van der Waals surface area contributed by atoms with Crippen molar-refractivity contribution in [2.75, 3.05) is 0 Å². The molecule has 0 saturated heterocycles. The molecule has 0 atom stereocenters. The number of rotatable bonds is 2. The van der Waals surface area contributed by atoms with Crippen LogP contribution in [0.5, 0.6) is 0 Å². The Morgan fingerprint density at radius 3 is 2.17 bits per heavy atom. The van der Waals surface area contributed by atoms with Gasteiger partial charge < -0.3 is 5.73 Å². The zero-order valence-electron chi connectivity index (χ0n) is 10.2. The van der Waals surface area contributed by atoms with Gasteiger partial charge in [0.15, 0.2) is 5.84 Å². The molecule has 0 aliphatic carbocycles. The van der Waals surface area contributed by atoms with Crippen molar-refractivity contribution in [3.8, 4) is 0 Å². The Labute approximate surface area is 107 Å². The largest absolute Gasteiger partial charge is 0.383 e. The third-order valence-corrected chi connectivity index (χ3v) is 2.63. The van der Waals surface area contributed by atoms with E-state index in [0.717, 1.165) is 11.1 Å². The quantitative estimate of drug-likeness (QED) is 0.612. The van der Waals surface area contributed by atoms with E-state index < -0.39 is 0 Å². The van der Waals surface area contributed by atoms with E-state index in [9.17, 15) is 0 Å². The van der Waals surface area contributed by atoms with Crippen molar-refractivity contribution in [3.63, 3.8) is 0 Å². The molecular weight excluding hydrogens is 222 g/mol. The van der Waals surface area contributed by atoms with Crippen LogP contribution in [0.25, 0.3) is 0 Å². The van der Waals surface area contributed by atoms with E-state index >= 15 is 0 Å². The predicted molar refractivity (Wildman–Crippen MR) is 75.2 cm³/mol. The minimum atomic E-state index is 0.175. The number of aryl methyl sites for hydroxylation is 1. The van der Waals surface area contributed by atoms with Crippen LogP contribution in [0.4, 0.5) is 0 Å². The third kappa shape index (κ3) is 2.83. The summed E-state index contributed by atoms with van der Waals surface area (Å²) < 4.78 is 0. The summed E-state index contributed by atoms with van der Waals surface area (Å²) in [6.07, 6.45) is 0. The molecule has 2 aromatic carbocycles. The maximum atomic E-state index is 7.88. The Hall–Kier alpha value is -2.42. The van der Waals surface area contributed by atoms with E-state index in [-0.39, 0.29) is 5.84 Å². The molecule has 3 heteroatoms. The number of nitrogens with two attached hydrogens (primary N) is 1. The maximum absolute atomic E-state index is 7.88. The minimum Gasteiger partial charge on any atom is -0.383 e. The van der Waals surface area contributed by atoms with Crippen LogP contribution in [-0.2, 0) is 0 Å². The Kier molecular flexibility index (Phi) is 3.53. The van der Waals surface area contributed by atoms with Crippen molar-refractivity contribution >= 4 is 11.7 Å². The molecular formula is C15H15N3. The van der Waals surface area contributed by atoms with E-state index in [1.165, 1.54) is 5.56 Å². The fourth-order valence-electron chi connectivity index (χ4n) is 1.57. The summed E-state index contributed by atoms with van der Waals surface area (Å²) in [5.41, 5.74) is 8.66. The van der Waals surface area contributed by atoms with Crippen LogP contribution in [0.3, 0.4) is 0 Å². The first-order valence-corrected chi connectivity index (χ1v) is 5.72. The molecule has 90 valence electrons. The topological polar surface area (TPSA) is 62.2 Å². The van der Waals surface area contributed by atoms with Crippen molar-refractivity contribution in [1.29, 1.82) is 5.41 Å². The highest BCUT2D eigenvalue weighted by Gasteiger charge is 2.02. The lowest BCUT2D eigenvalue weighted by Gasteiger charge is -2.03. The van der Waals surface area contributed by atoms with Crippen LogP contribution in [0.1, 0.15) is 16.7 Å². The average Bonchev–Trinajstić information content (AvgIpc) is 2.40. The van der Waals surface area contributed by atoms with Gasteiger partial charge in [0.1, 0.15) is 5.84 Å². The van der Waals surface area contributed by atoms with Gasteiger partial charge in [0.2, 0.25) is 0 Å². The van der Waals surface area contributed by atoms with Crippen LogP contribution in [0, 0.1) is 12.3 Å². The first-order chi connectivity index (χ1) is 8.66. The average molecular weight is 237 g/mol. The first kappa shape index (κ1) is 12.0. The second-order valence-electron chi connectivity index (χ2n) is 4.08. The third-order valence-electron chi connectivity index (χ3n) is 2.63. The summed E-state index contributed by atoms with van der Waals surface area (Å²) in [4.78, 5) is 4.12. The standard InChI is InChI=1S/C15H15N3/c1-11-7-9-13(10-8-11)15(17)18-14(16)12-5-3-2-4-6-12/h2-10H,1H3,(H3,16,17,18). The Bertz CT molecular complexity index is 568. The molecule has 2 rings (SSSR count). The van der Waals surface area contributed by atoms with Gasteiger partial charge in [0.05, 0.1) is 0 Å². The molecule has 0 amide bonds. The highest BCUT2D eigenvalue weighted by molar-refractivity contribution is 6.09. The smallest absolute Gasteiger partial charge is 0.154 e. The Balaban J connectivity index is 2.23. The molecule has 0 bridgehead atoms. The lowest BCUT2D eigenvalue weighted by atomic mass is 10.1. The van der Waals surface area contributed by atoms with Gasteiger partial charge in [-0.2, -0.15) is 0 Å². The van der Waals surface area contributed by atoms with Crippen LogP contribution in [0.15, 0.2) is 59.6 Å². The van der Waals surface area contributed by atoms with Crippen molar-refractivity contribution in [3.05, 3.63) is 71.3 Å². The van der Waals surface area contributed by atoms with Crippen molar-refractivity contribution in [2.24, 2.45) is 10.7 Å². The fourth-order valence-corrected chi connectivity index (χ4v) is 1.57. The van der Waals surface area contributed by atoms with Gasteiger partial charge in [-0.15, -0.1) is 0 Å². The SMILES string of the molecule is Cc1ccc(C(N)=NC(=N)c2ccccc2)cc1. The Morgan fingerprint density at radius 1 is 0.944 bits per heavy atom. The number of hydrogen-bond acceptors (Lipinski definition) is 1. The number of nitrogens with zero attached hydrogens (tertiary/aromatic N) is 1. The van der Waals surface area contributed by atoms with Gasteiger partial charge in [-0.25, -0.2) is 4.99 Å². The van der Waals surface area contributed by atoms with E-state index in [0.29, 0.717) is 5.84 Å². The van der Waals surface area contributed by atoms with Crippen LogP contribution >= 0.6 is 0 Å². The molecule has 0 aliphatic rings. The normalized spacial score (nSPS) is 11.3. The summed E-state index contributed by atoms with van der Waals surface area (Å²) >= 11 is 0. The lowest BCUT2D eigenvalue weighted by molar-refractivity contribution is 1.39. The molecule has 0 fully saturated rings. The molecule has 3 N–H and O–H groups in total. The molecule has 0 spiro atoms. The first-order valence-electron chi connectivity index (χ1n) is 5.72. The molecule has 0 radical (unpaired) electrons. The van der Waals surface area contributed by atoms with E-state index in [1.807, 2.05) is 61.5 Å². The van der Waals surface area contributed by atoms with Crippen LogP contribution in [0.2, 0.25) is 0 Å². The van der Waals surface area contributed by atoms with Gasteiger partial charge in [-0.1, -0.05) is 60.2 Å². The highest BCUT2D eigenvalue weighted by atomic mass is 14.9. The number of aliphatic imine (C=N–C) groups is 1. The van der Waals surface area contributed by atoms with Crippen molar-refractivity contribution < 1.29 is 0 Å². The molecule has 18 heavy (non-hydrogen) atoms. The molecule has 2 aromatic rings. The van der Waals surface area contributed by atoms with Gasteiger partial charge in [-0.05, 0) is 6.92 Å². The number of nitrogens with one attached hydrogen (secondary N) is 1. The summed E-state index contributed by atoms with van der Waals surface area (Å²) in [6.45, 7) is 2.02. The van der Waals surface area contributed by atoms with Crippen LogP contribution < -0.4 is 5.73 Å². The zero-order chi connectivity index (χ0) is 13.0.